The molecule has 0 radical (unpaired) electrons. The number of aliphatic hydroxyl groups is 3. The van der Waals surface area contributed by atoms with E-state index in [1.54, 1.807) is 6.08 Å². The lowest BCUT2D eigenvalue weighted by molar-refractivity contribution is -0.307. The monoisotopic (exact) mass is 350 g/mol. The van der Waals surface area contributed by atoms with Gasteiger partial charge in [0.15, 0.2) is 17.5 Å². The highest BCUT2D eigenvalue weighted by atomic mass is 16.8. The Morgan fingerprint density at radius 3 is 2.68 bits per heavy atom. The topological polar surface area (TPSA) is 82.5 Å². The molecule has 0 aromatic rings. The molecule has 0 aromatic heterocycles. The molecule has 0 aromatic carbocycles. The highest BCUT2D eigenvalue weighted by Crippen LogP contribution is 2.77. The zero-order valence-corrected chi connectivity index (χ0v) is 15.4. The Hall–Kier alpha value is -0.720. The van der Waals surface area contributed by atoms with Gasteiger partial charge in [0, 0.05) is 11.8 Å². The van der Waals surface area contributed by atoms with Gasteiger partial charge in [-0.3, -0.25) is 0 Å². The van der Waals surface area contributed by atoms with Crippen LogP contribution in [0, 0.1) is 11.3 Å². The van der Waals surface area contributed by atoms with Gasteiger partial charge in [-0.15, -0.1) is 0 Å². The van der Waals surface area contributed by atoms with Crippen molar-refractivity contribution in [1.82, 2.24) is 0 Å². The van der Waals surface area contributed by atoms with Crippen LogP contribution >= 0.6 is 0 Å². The first-order valence-corrected chi connectivity index (χ1v) is 9.38. The molecule has 4 rings (SSSR count). The Bertz CT molecular complexity index is 640. The molecule has 2 bridgehead atoms. The number of rotatable bonds is 0. The predicted octanol–water partition coefficient (Wildman–Crippen LogP) is 2.41. The minimum atomic E-state index is -1.58. The zero-order valence-electron chi connectivity index (χ0n) is 15.4. The van der Waals surface area contributed by atoms with Crippen molar-refractivity contribution in [1.29, 1.82) is 0 Å². The number of ether oxygens (including phenoxy) is 2. The highest BCUT2D eigenvalue weighted by Gasteiger charge is 2.93. The van der Waals surface area contributed by atoms with Gasteiger partial charge in [0.25, 0.3) is 0 Å². The van der Waals surface area contributed by atoms with Crippen LogP contribution in [0.3, 0.4) is 0 Å². The van der Waals surface area contributed by atoms with Gasteiger partial charge in [0.1, 0.15) is 0 Å². The maximum atomic E-state index is 11.5. The summed E-state index contributed by atoms with van der Waals surface area (Å²) < 4.78 is 12.0. The number of epoxide rings is 1. The summed E-state index contributed by atoms with van der Waals surface area (Å²) in [5.74, 6) is -1.24. The molecule has 3 N–H and O–H groups in total. The predicted molar refractivity (Wildman–Crippen MR) is 92.5 cm³/mol. The van der Waals surface area contributed by atoms with Crippen molar-refractivity contribution in [2.45, 2.75) is 88.7 Å². The summed E-state index contributed by atoms with van der Waals surface area (Å²) in [6, 6.07) is 0. The smallest absolute Gasteiger partial charge is 0.205 e. The van der Waals surface area contributed by atoms with Gasteiger partial charge >= 0.3 is 0 Å². The second-order valence-corrected chi connectivity index (χ2v) is 9.13. The molecule has 5 nitrogen and oxygen atoms in total. The van der Waals surface area contributed by atoms with E-state index in [1.165, 1.54) is 0 Å². The van der Waals surface area contributed by atoms with Gasteiger partial charge in [0.05, 0.1) is 6.10 Å². The van der Waals surface area contributed by atoms with Crippen molar-refractivity contribution in [3.8, 4) is 0 Å². The van der Waals surface area contributed by atoms with Crippen LogP contribution in [0.4, 0.5) is 0 Å². The van der Waals surface area contributed by atoms with E-state index in [9.17, 15) is 15.3 Å². The van der Waals surface area contributed by atoms with E-state index in [-0.39, 0.29) is 11.8 Å². The fourth-order valence-corrected chi connectivity index (χ4v) is 6.08. The summed E-state index contributed by atoms with van der Waals surface area (Å²) >= 11 is 0. The fraction of sp³-hybridized carbons (Fsp3) is 0.800. The van der Waals surface area contributed by atoms with Crippen molar-refractivity contribution < 1.29 is 24.8 Å². The molecule has 6 atom stereocenters. The van der Waals surface area contributed by atoms with Crippen LogP contribution < -0.4 is 0 Å². The van der Waals surface area contributed by atoms with E-state index in [4.69, 9.17) is 9.47 Å². The van der Waals surface area contributed by atoms with E-state index in [0.717, 1.165) is 30.4 Å². The van der Waals surface area contributed by atoms with Crippen LogP contribution in [0.2, 0.25) is 0 Å². The molecule has 2 heterocycles. The van der Waals surface area contributed by atoms with E-state index in [0.29, 0.717) is 18.8 Å². The molecule has 0 unspecified atom stereocenters. The lowest BCUT2D eigenvalue weighted by Crippen LogP contribution is -2.59. The van der Waals surface area contributed by atoms with Crippen LogP contribution in [0.25, 0.3) is 0 Å². The molecule has 0 amide bonds. The number of hydrogen-bond acceptors (Lipinski definition) is 5. The number of hydrogen-bond donors (Lipinski definition) is 3. The Labute approximate surface area is 149 Å². The van der Waals surface area contributed by atoms with Crippen molar-refractivity contribution in [3.05, 3.63) is 23.8 Å². The van der Waals surface area contributed by atoms with Gasteiger partial charge in [-0.05, 0) is 44.9 Å². The maximum Gasteiger partial charge on any atom is 0.205 e. The third-order valence-electron chi connectivity index (χ3n) is 7.28. The van der Waals surface area contributed by atoms with Crippen LogP contribution in [0.1, 0.15) is 59.3 Å². The van der Waals surface area contributed by atoms with Crippen LogP contribution in [0.5, 0.6) is 0 Å². The SMILES string of the molecule is C=C1CC[C@@H]2CC[C@]34O[C@@]3(C2(C)C)[C@@](O)(C/C(C)=C/[C@@H](O)C1)O[C@@H]4O. The Kier molecular flexibility index (Phi) is 3.66. The minimum absolute atomic E-state index is 0.214. The molecule has 25 heavy (non-hydrogen) atoms. The molecule has 2 aliphatic heterocycles. The third-order valence-corrected chi connectivity index (χ3v) is 7.28. The average molecular weight is 350 g/mol. The standard InChI is InChI=1S/C20H30O5/c1-12-5-6-14-7-8-18-16(22)24-19(23,11-13(2)10-15(21)9-12)20(18,25-18)17(14,3)4/h10,14-16,21-23H,1,5-9,11H2,2-4H3/b13-10+/t14-,15+,16+,18-,19-,20-/m1/s1. The van der Waals surface area contributed by atoms with E-state index >= 15 is 0 Å². The second kappa shape index (κ2) is 5.17. The van der Waals surface area contributed by atoms with Gasteiger partial charge in [0.2, 0.25) is 5.79 Å². The second-order valence-electron chi connectivity index (χ2n) is 9.13. The molecule has 3 fully saturated rings. The molecule has 4 aliphatic rings. The highest BCUT2D eigenvalue weighted by molar-refractivity contribution is 5.36. The summed E-state index contributed by atoms with van der Waals surface area (Å²) in [5.41, 5.74) is -0.167. The van der Waals surface area contributed by atoms with Gasteiger partial charge < -0.3 is 24.8 Å². The summed E-state index contributed by atoms with van der Waals surface area (Å²) in [4.78, 5) is 0. The molecule has 140 valence electrons. The van der Waals surface area contributed by atoms with Crippen LogP contribution in [-0.4, -0.2) is 44.7 Å². The van der Waals surface area contributed by atoms with E-state index in [1.807, 2.05) is 6.92 Å². The molecule has 1 spiro atoms. The lowest BCUT2D eigenvalue weighted by atomic mass is 9.54. The van der Waals surface area contributed by atoms with Crippen molar-refractivity contribution in [2.75, 3.05) is 0 Å². The summed E-state index contributed by atoms with van der Waals surface area (Å²) in [7, 11) is 0. The lowest BCUT2D eigenvalue weighted by Gasteiger charge is -2.47. The number of aliphatic hydroxyl groups excluding tert-OH is 2. The Morgan fingerprint density at radius 1 is 1.24 bits per heavy atom. The van der Waals surface area contributed by atoms with Gasteiger partial charge in [-0.2, -0.15) is 0 Å². The first-order valence-electron chi connectivity index (χ1n) is 9.38. The Balaban J connectivity index is 1.81. The Morgan fingerprint density at radius 2 is 1.96 bits per heavy atom. The van der Waals surface area contributed by atoms with E-state index in [2.05, 4.69) is 20.4 Å². The first kappa shape index (κ1) is 17.7. The van der Waals surface area contributed by atoms with Crippen molar-refractivity contribution in [3.63, 3.8) is 0 Å². The van der Waals surface area contributed by atoms with Crippen molar-refractivity contribution in [2.24, 2.45) is 11.3 Å². The normalized spacial score (nSPS) is 53.9. The maximum absolute atomic E-state index is 11.5. The minimum Gasteiger partial charge on any atom is -0.389 e. The summed E-state index contributed by atoms with van der Waals surface area (Å²) in [5, 5.41) is 32.3. The molecular formula is C20H30O5. The molecular weight excluding hydrogens is 320 g/mol. The van der Waals surface area contributed by atoms with Gasteiger partial charge in [-0.1, -0.05) is 37.6 Å². The van der Waals surface area contributed by atoms with E-state index < -0.39 is 29.4 Å². The average Bonchev–Trinajstić information content (AvgIpc) is 3.14. The summed E-state index contributed by atoms with van der Waals surface area (Å²) in [6.07, 6.45) is 4.19. The fourth-order valence-electron chi connectivity index (χ4n) is 6.08. The van der Waals surface area contributed by atoms with Crippen LogP contribution in [-0.2, 0) is 9.47 Å². The molecule has 2 aliphatic carbocycles. The molecule has 5 heteroatoms. The molecule has 1 saturated carbocycles. The molecule has 2 saturated heterocycles. The third kappa shape index (κ3) is 2.07. The zero-order chi connectivity index (χ0) is 18.3. The summed E-state index contributed by atoms with van der Waals surface area (Å²) in [6.45, 7) is 10.3. The number of fused-ring (bicyclic) bond motifs is 1. The van der Waals surface area contributed by atoms with Crippen molar-refractivity contribution >= 4 is 0 Å². The largest absolute Gasteiger partial charge is 0.389 e. The first-order chi connectivity index (χ1) is 11.6. The van der Waals surface area contributed by atoms with Crippen LogP contribution in [0.15, 0.2) is 23.8 Å². The van der Waals surface area contributed by atoms with Gasteiger partial charge in [-0.25, -0.2) is 0 Å². The quantitative estimate of drug-likeness (QED) is 0.462.